The lowest BCUT2D eigenvalue weighted by molar-refractivity contribution is -0.00923. The second kappa shape index (κ2) is 11.9. The quantitative estimate of drug-likeness (QED) is 0.533. The zero-order chi connectivity index (χ0) is 23.8. The van der Waals surface area contributed by atoms with E-state index in [0.717, 1.165) is 75.5 Å². The topological polar surface area (TPSA) is 72.5 Å². The molecular formula is C25H41N3O5. The average Bonchev–Trinajstić information content (AvgIpc) is 2.78. The van der Waals surface area contributed by atoms with Gasteiger partial charge in [0, 0.05) is 53.4 Å². The smallest absolute Gasteiger partial charge is 0.409 e. The van der Waals surface area contributed by atoms with Crippen LogP contribution in [0.25, 0.3) is 0 Å². The number of benzene rings is 1. The van der Waals surface area contributed by atoms with Crippen molar-refractivity contribution < 1.29 is 23.7 Å². The van der Waals surface area contributed by atoms with Crippen LogP contribution in [0, 0.1) is 0 Å². The maximum absolute atomic E-state index is 11.9. The highest BCUT2D eigenvalue weighted by Crippen LogP contribution is 2.33. The third kappa shape index (κ3) is 7.76. The average molecular weight is 464 g/mol. The van der Waals surface area contributed by atoms with Crippen molar-refractivity contribution in [3.63, 3.8) is 0 Å². The number of hydrogen-bond acceptors (Lipinski definition) is 7. The standard InChI is InChI=1S/C25H41N3O5/c1-25(2,33-24(29)27(3)4)16-20-8-9-21(17-26-20)32-18-19-7-10-23-22(15-19)28(12-14-31-23)11-6-13-30-5/h7,10,15,20-21,26H,6,8-9,11-14,16-18H2,1-5H3/t20-,21+/m0/s1. The van der Waals surface area contributed by atoms with E-state index in [1.54, 1.807) is 21.2 Å². The molecule has 2 aliphatic heterocycles. The van der Waals surface area contributed by atoms with Crippen LogP contribution < -0.4 is 15.0 Å². The maximum Gasteiger partial charge on any atom is 0.409 e. The molecule has 0 saturated carbocycles. The van der Waals surface area contributed by atoms with Crippen molar-refractivity contribution in [3.05, 3.63) is 23.8 Å². The lowest BCUT2D eigenvalue weighted by Gasteiger charge is -2.35. The van der Waals surface area contributed by atoms with Gasteiger partial charge in [0.25, 0.3) is 0 Å². The van der Waals surface area contributed by atoms with Gasteiger partial charge in [-0.2, -0.15) is 0 Å². The maximum atomic E-state index is 11.9. The highest BCUT2D eigenvalue weighted by molar-refractivity contribution is 5.67. The van der Waals surface area contributed by atoms with E-state index in [9.17, 15) is 4.79 Å². The largest absolute Gasteiger partial charge is 0.490 e. The summed E-state index contributed by atoms with van der Waals surface area (Å²) in [6, 6.07) is 6.67. The second-order valence-electron chi connectivity index (χ2n) is 9.83. The van der Waals surface area contributed by atoms with Gasteiger partial charge in [0.1, 0.15) is 18.0 Å². The fourth-order valence-electron chi connectivity index (χ4n) is 4.42. The number of methoxy groups -OCH3 is 1. The van der Waals surface area contributed by atoms with Crippen LogP contribution in [0.1, 0.15) is 45.1 Å². The summed E-state index contributed by atoms with van der Waals surface area (Å²) in [5.74, 6) is 0.946. The van der Waals surface area contributed by atoms with Crippen molar-refractivity contribution in [2.24, 2.45) is 0 Å². The van der Waals surface area contributed by atoms with Crippen LogP contribution in [-0.4, -0.2) is 82.8 Å². The molecule has 0 radical (unpaired) electrons. The summed E-state index contributed by atoms with van der Waals surface area (Å²) < 4.78 is 22.9. The molecule has 186 valence electrons. The Morgan fingerprint density at radius 1 is 1.30 bits per heavy atom. The Morgan fingerprint density at radius 2 is 2.12 bits per heavy atom. The summed E-state index contributed by atoms with van der Waals surface area (Å²) in [6.07, 6.45) is 3.65. The van der Waals surface area contributed by atoms with Crippen LogP contribution in [0.4, 0.5) is 10.5 Å². The minimum atomic E-state index is -0.507. The number of nitrogens with zero attached hydrogens (tertiary/aromatic N) is 2. The molecule has 2 heterocycles. The first-order valence-electron chi connectivity index (χ1n) is 12.0. The van der Waals surface area contributed by atoms with Crippen molar-refractivity contribution in [1.29, 1.82) is 0 Å². The molecule has 0 unspecified atom stereocenters. The summed E-state index contributed by atoms with van der Waals surface area (Å²) >= 11 is 0. The van der Waals surface area contributed by atoms with Gasteiger partial charge in [0.05, 0.1) is 24.9 Å². The first kappa shape index (κ1) is 25.6. The molecule has 3 rings (SSSR count). The molecule has 8 heteroatoms. The molecule has 2 atom stereocenters. The van der Waals surface area contributed by atoms with Gasteiger partial charge >= 0.3 is 6.09 Å². The van der Waals surface area contributed by atoms with Gasteiger partial charge < -0.3 is 34.1 Å². The number of hydrogen-bond donors (Lipinski definition) is 1. The fraction of sp³-hybridized carbons (Fsp3) is 0.720. The predicted molar refractivity (Wildman–Crippen MR) is 129 cm³/mol. The zero-order valence-electron chi connectivity index (χ0n) is 20.9. The number of ether oxygens (including phenoxy) is 4. The molecule has 1 aromatic carbocycles. The molecule has 0 bridgehead atoms. The third-order valence-corrected chi connectivity index (χ3v) is 6.18. The van der Waals surface area contributed by atoms with E-state index in [4.69, 9.17) is 18.9 Å². The lowest BCUT2D eigenvalue weighted by Crippen LogP contribution is -2.47. The van der Waals surface area contributed by atoms with Crippen molar-refractivity contribution >= 4 is 11.8 Å². The van der Waals surface area contributed by atoms with E-state index < -0.39 is 5.60 Å². The number of anilines is 1. The van der Waals surface area contributed by atoms with E-state index >= 15 is 0 Å². The van der Waals surface area contributed by atoms with Gasteiger partial charge in [0.15, 0.2) is 0 Å². The Hall–Kier alpha value is -2.03. The number of carbonyl (C=O) groups excluding carboxylic acids is 1. The number of amides is 1. The number of piperidine rings is 1. The molecule has 33 heavy (non-hydrogen) atoms. The Labute approximate surface area is 198 Å². The number of fused-ring (bicyclic) bond motifs is 1. The molecule has 1 fully saturated rings. The van der Waals surface area contributed by atoms with Crippen molar-refractivity contribution in [2.75, 3.05) is 59.0 Å². The van der Waals surface area contributed by atoms with Gasteiger partial charge in [-0.3, -0.25) is 0 Å². The van der Waals surface area contributed by atoms with Crippen molar-refractivity contribution in [1.82, 2.24) is 10.2 Å². The van der Waals surface area contributed by atoms with Crippen LogP contribution >= 0.6 is 0 Å². The van der Waals surface area contributed by atoms with Crippen LogP contribution in [0.3, 0.4) is 0 Å². The van der Waals surface area contributed by atoms with Gasteiger partial charge in [-0.05, 0) is 50.8 Å². The van der Waals surface area contributed by atoms with E-state index in [2.05, 4.69) is 28.4 Å². The second-order valence-corrected chi connectivity index (χ2v) is 9.83. The molecule has 0 aliphatic carbocycles. The molecule has 1 saturated heterocycles. The molecular weight excluding hydrogens is 422 g/mol. The first-order valence-corrected chi connectivity index (χ1v) is 12.0. The van der Waals surface area contributed by atoms with E-state index in [0.29, 0.717) is 12.6 Å². The predicted octanol–water partition coefficient (Wildman–Crippen LogP) is 3.43. The van der Waals surface area contributed by atoms with Gasteiger partial charge in [-0.1, -0.05) is 6.07 Å². The zero-order valence-corrected chi connectivity index (χ0v) is 20.9. The van der Waals surface area contributed by atoms with Gasteiger partial charge in [0.2, 0.25) is 0 Å². The van der Waals surface area contributed by atoms with Crippen molar-refractivity contribution in [2.45, 2.75) is 63.9 Å². The molecule has 2 aliphatic rings. The van der Waals surface area contributed by atoms with E-state index in [1.165, 1.54) is 4.90 Å². The van der Waals surface area contributed by atoms with E-state index in [1.807, 2.05) is 13.8 Å². The first-order chi connectivity index (χ1) is 15.8. The summed E-state index contributed by atoms with van der Waals surface area (Å²) in [6.45, 7) is 8.67. The van der Waals surface area contributed by atoms with Crippen LogP contribution in [0.2, 0.25) is 0 Å². The molecule has 1 N–H and O–H groups in total. The van der Waals surface area contributed by atoms with Gasteiger partial charge in [-0.25, -0.2) is 4.79 Å². The summed E-state index contributed by atoms with van der Waals surface area (Å²) in [4.78, 5) is 15.7. The van der Waals surface area contributed by atoms with E-state index in [-0.39, 0.29) is 12.2 Å². The van der Waals surface area contributed by atoms with Crippen LogP contribution in [0.5, 0.6) is 5.75 Å². The monoisotopic (exact) mass is 463 g/mol. The van der Waals surface area contributed by atoms with Crippen LogP contribution in [0.15, 0.2) is 18.2 Å². The Kier molecular flexibility index (Phi) is 9.23. The molecule has 0 aromatic heterocycles. The highest BCUT2D eigenvalue weighted by atomic mass is 16.6. The molecule has 1 amide bonds. The molecule has 0 spiro atoms. The normalized spacial score (nSPS) is 20.7. The molecule has 8 nitrogen and oxygen atoms in total. The van der Waals surface area contributed by atoms with Gasteiger partial charge in [-0.15, -0.1) is 0 Å². The Bertz CT molecular complexity index is 762. The SMILES string of the molecule is COCCCN1CCOc2ccc(CO[C@@H]3CC[C@@H](CC(C)(C)OC(=O)N(C)C)NC3)cc21. The Balaban J connectivity index is 1.45. The summed E-state index contributed by atoms with van der Waals surface area (Å²) in [7, 11) is 5.15. The highest BCUT2D eigenvalue weighted by Gasteiger charge is 2.31. The fourth-order valence-corrected chi connectivity index (χ4v) is 4.42. The lowest BCUT2D eigenvalue weighted by atomic mass is 9.92. The summed E-state index contributed by atoms with van der Waals surface area (Å²) in [5, 5.41) is 3.58. The number of nitrogens with one attached hydrogen (secondary N) is 1. The third-order valence-electron chi connectivity index (χ3n) is 6.18. The minimum Gasteiger partial charge on any atom is -0.490 e. The summed E-state index contributed by atoms with van der Waals surface area (Å²) in [5.41, 5.74) is 1.80. The number of carbonyl (C=O) groups is 1. The van der Waals surface area contributed by atoms with Crippen LogP contribution in [-0.2, 0) is 20.8 Å². The number of rotatable bonds is 10. The molecule has 1 aromatic rings. The Morgan fingerprint density at radius 3 is 2.82 bits per heavy atom. The van der Waals surface area contributed by atoms with Crippen molar-refractivity contribution in [3.8, 4) is 5.75 Å². The minimum absolute atomic E-state index is 0.179.